The van der Waals surface area contributed by atoms with Crippen molar-refractivity contribution in [1.82, 2.24) is 4.98 Å². The molecule has 0 atom stereocenters. The largest absolute Gasteiger partial charge is 0.496 e. The zero-order chi connectivity index (χ0) is 19.6. The highest BCUT2D eigenvalue weighted by molar-refractivity contribution is 6.21. The average molecular weight is 365 g/mol. The summed E-state index contributed by atoms with van der Waals surface area (Å²) in [6, 6.07) is 9.36. The van der Waals surface area contributed by atoms with Crippen molar-refractivity contribution >= 4 is 23.0 Å². The van der Waals surface area contributed by atoms with Crippen molar-refractivity contribution < 1.29 is 14.3 Å². The van der Waals surface area contributed by atoms with Crippen molar-refractivity contribution in [3.63, 3.8) is 0 Å². The van der Waals surface area contributed by atoms with E-state index in [0.717, 1.165) is 16.9 Å². The Balaban J connectivity index is 2.10. The van der Waals surface area contributed by atoms with Crippen LogP contribution in [0.5, 0.6) is 5.75 Å². The monoisotopic (exact) mass is 365 g/mol. The first-order valence-electron chi connectivity index (χ1n) is 8.81. The SMILES string of the molecule is COc1cc2c(cc1C(C(C)=O)=C(C)N)CCC(=O)N2Cc1ccccn1. The molecule has 3 rings (SSSR count). The summed E-state index contributed by atoms with van der Waals surface area (Å²) in [5.41, 5.74) is 10.1. The van der Waals surface area contributed by atoms with Crippen molar-refractivity contribution in [2.24, 2.45) is 5.73 Å². The van der Waals surface area contributed by atoms with E-state index in [-0.39, 0.29) is 11.7 Å². The molecule has 2 N–H and O–H groups in total. The van der Waals surface area contributed by atoms with Gasteiger partial charge in [0.25, 0.3) is 0 Å². The van der Waals surface area contributed by atoms with Gasteiger partial charge >= 0.3 is 0 Å². The van der Waals surface area contributed by atoms with Gasteiger partial charge in [-0.05, 0) is 44.0 Å². The van der Waals surface area contributed by atoms with Crippen LogP contribution in [0.25, 0.3) is 5.57 Å². The maximum Gasteiger partial charge on any atom is 0.227 e. The predicted molar refractivity (Wildman–Crippen MR) is 104 cm³/mol. The third-order valence-corrected chi connectivity index (χ3v) is 4.66. The maximum atomic E-state index is 12.6. The van der Waals surface area contributed by atoms with Gasteiger partial charge in [-0.3, -0.25) is 14.6 Å². The van der Waals surface area contributed by atoms with Crippen LogP contribution < -0.4 is 15.4 Å². The number of pyridine rings is 1. The molecule has 1 aliphatic rings. The van der Waals surface area contributed by atoms with Crippen molar-refractivity contribution in [2.75, 3.05) is 12.0 Å². The summed E-state index contributed by atoms with van der Waals surface area (Å²) in [7, 11) is 1.54. The third kappa shape index (κ3) is 3.69. The number of aryl methyl sites for hydroxylation is 1. The number of aromatic nitrogens is 1. The van der Waals surface area contributed by atoms with Gasteiger partial charge in [0.2, 0.25) is 5.91 Å². The molecule has 1 amide bonds. The summed E-state index contributed by atoms with van der Waals surface area (Å²) in [6.07, 6.45) is 2.73. The first kappa shape index (κ1) is 18.6. The highest BCUT2D eigenvalue weighted by Gasteiger charge is 2.28. The molecule has 1 aromatic carbocycles. The first-order chi connectivity index (χ1) is 12.9. The summed E-state index contributed by atoms with van der Waals surface area (Å²) in [5, 5.41) is 0. The van der Waals surface area contributed by atoms with Crippen LogP contribution in [-0.4, -0.2) is 23.8 Å². The second kappa shape index (κ2) is 7.61. The molecular formula is C21H23N3O3. The summed E-state index contributed by atoms with van der Waals surface area (Å²) >= 11 is 0. The van der Waals surface area contributed by atoms with E-state index in [4.69, 9.17) is 10.5 Å². The van der Waals surface area contributed by atoms with E-state index in [2.05, 4.69) is 4.98 Å². The zero-order valence-electron chi connectivity index (χ0n) is 15.8. The van der Waals surface area contributed by atoms with Crippen molar-refractivity contribution in [1.29, 1.82) is 0 Å². The molecule has 140 valence electrons. The molecule has 6 heteroatoms. The molecule has 0 unspecified atom stereocenters. The Hall–Kier alpha value is -3.15. The number of nitrogens with zero attached hydrogens (tertiary/aromatic N) is 2. The number of allylic oxidation sites excluding steroid dienone is 2. The van der Waals surface area contributed by atoms with Gasteiger partial charge in [-0.1, -0.05) is 6.07 Å². The van der Waals surface area contributed by atoms with E-state index >= 15 is 0 Å². The van der Waals surface area contributed by atoms with Crippen LogP contribution in [0.4, 0.5) is 5.69 Å². The quantitative estimate of drug-likeness (QED) is 0.824. The molecule has 0 radical (unpaired) electrons. The smallest absolute Gasteiger partial charge is 0.227 e. The highest BCUT2D eigenvalue weighted by Crippen LogP contribution is 2.38. The maximum absolute atomic E-state index is 12.6. The van der Waals surface area contributed by atoms with Crippen molar-refractivity contribution in [3.8, 4) is 5.75 Å². The van der Waals surface area contributed by atoms with Gasteiger partial charge in [0, 0.05) is 35.5 Å². The predicted octanol–water partition coefficient (Wildman–Crippen LogP) is 2.85. The molecule has 27 heavy (non-hydrogen) atoms. The lowest BCUT2D eigenvalue weighted by atomic mass is 9.92. The summed E-state index contributed by atoms with van der Waals surface area (Å²) in [5.74, 6) is 0.440. The second-order valence-corrected chi connectivity index (χ2v) is 6.60. The number of fused-ring (bicyclic) bond motifs is 1. The fraction of sp³-hybridized carbons (Fsp3) is 0.286. The van der Waals surface area contributed by atoms with Gasteiger partial charge < -0.3 is 15.4 Å². The van der Waals surface area contributed by atoms with Gasteiger partial charge in [0.15, 0.2) is 5.78 Å². The van der Waals surface area contributed by atoms with Gasteiger partial charge in [-0.25, -0.2) is 0 Å². The Morgan fingerprint density at radius 3 is 2.63 bits per heavy atom. The number of hydrogen-bond donors (Lipinski definition) is 1. The molecule has 2 aromatic rings. The standard InChI is InChI=1S/C21H23N3O3/c1-13(22)21(14(2)25)17-10-15-7-8-20(26)24(18(15)11-19(17)27-3)12-16-6-4-5-9-23-16/h4-6,9-11H,7-8,12,22H2,1-3H3. The number of ether oxygens (including phenoxy) is 1. The van der Waals surface area contributed by atoms with E-state index in [1.807, 2.05) is 30.3 Å². The molecule has 2 heterocycles. The van der Waals surface area contributed by atoms with Crippen LogP contribution in [0.3, 0.4) is 0 Å². The Bertz CT molecular complexity index is 916. The molecule has 1 aliphatic heterocycles. The van der Waals surface area contributed by atoms with Crippen LogP contribution in [0.15, 0.2) is 42.2 Å². The molecule has 0 aliphatic carbocycles. The van der Waals surface area contributed by atoms with Gasteiger partial charge in [-0.2, -0.15) is 0 Å². The van der Waals surface area contributed by atoms with Crippen LogP contribution in [0.2, 0.25) is 0 Å². The van der Waals surface area contributed by atoms with Crippen molar-refractivity contribution in [3.05, 3.63) is 59.0 Å². The van der Waals surface area contributed by atoms with Gasteiger partial charge in [0.05, 0.1) is 25.0 Å². The zero-order valence-corrected chi connectivity index (χ0v) is 15.8. The number of Topliss-reactive ketones (excluding diaryl/α,β-unsaturated/α-hetero) is 1. The molecule has 0 fully saturated rings. The second-order valence-electron chi connectivity index (χ2n) is 6.60. The highest BCUT2D eigenvalue weighted by atomic mass is 16.5. The minimum Gasteiger partial charge on any atom is -0.496 e. The lowest BCUT2D eigenvalue weighted by Gasteiger charge is -2.30. The summed E-state index contributed by atoms with van der Waals surface area (Å²) in [4.78, 5) is 30.7. The van der Waals surface area contributed by atoms with Crippen LogP contribution in [-0.2, 0) is 22.6 Å². The molecule has 0 bridgehead atoms. The molecule has 0 saturated heterocycles. The van der Waals surface area contributed by atoms with Crippen molar-refractivity contribution in [2.45, 2.75) is 33.2 Å². The molecule has 6 nitrogen and oxygen atoms in total. The number of amides is 1. The van der Waals surface area contributed by atoms with Crippen LogP contribution in [0.1, 0.15) is 37.1 Å². The number of ketones is 1. The third-order valence-electron chi connectivity index (χ3n) is 4.66. The van der Waals surface area contributed by atoms with Crippen LogP contribution in [0, 0.1) is 0 Å². The summed E-state index contributed by atoms with van der Waals surface area (Å²) in [6.45, 7) is 3.58. The molecular weight excluding hydrogens is 342 g/mol. The number of nitrogens with two attached hydrogens (primary N) is 1. The average Bonchev–Trinajstić information content (AvgIpc) is 2.64. The molecule has 1 aromatic heterocycles. The van der Waals surface area contributed by atoms with E-state index in [9.17, 15) is 9.59 Å². The Labute approximate surface area is 158 Å². The van der Waals surface area contributed by atoms with Crippen LogP contribution >= 0.6 is 0 Å². The number of hydrogen-bond acceptors (Lipinski definition) is 5. The number of methoxy groups -OCH3 is 1. The first-order valence-corrected chi connectivity index (χ1v) is 8.81. The van der Waals surface area contributed by atoms with E-state index < -0.39 is 0 Å². The molecule has 0 spiro atoms. The summed E-state index contributed by atoms with van der Waals surface area (Å²) < 4.78 is 5.53. The Morgan fingerprint density at radius 1 is 1.26 bits per heavy atom. The normalized spacial score (nSPS) is 14.5. The number of benzene rings is 1. The number of rotatable bonds is 5. The van der Waals surface area contributed by atoms with E-state index in [1.54, 1.807) is 25.1 Å². The Morgan fingerprint density at radius 2 is 2.04 bits per heavy atom. The lowest BCUT2D eigenvalue weighted by molar-refractivity contribution is -0.119. The topological polar surface area (TPSA) is 85.5 Å². The van der Waals surface area contributed by atoms with E-state index in [1.165, 1.54) is 6.92 Å². The fourth-order valence-corrected chi connectivity index (χ4v) is 3.45. The Kier molecular flexibility index (Phi) is 5.26. The van der Waals surface area contributed by atoms with Gasteiger partial charge in [0.1, 0.15) is 5.75 Å². The molecule has 0 saturated carbocycles. The number of carbonyl (C=O) groups excluding carboxylic acids is 2. The minimum atomic E-state index is -0.120. The van der Waals surface area contributed by atoms with Gasteiger partial charge in [-0.15, -0.1) is 0 Å². The van der Waals surface area contributed by atoms with E-state index in [0.29, 0.717) is 42.0 Å². The fourth-order valence-electron chi connectivity index (χ4n) is 3.45. The number of carbonyl (C=O) groups is 2. The lowest BCUT2D eigenvalue weighted by Crippen LogP contribution is -2.35. The number of anilines is 1. The minimum absolute atomic E-state index is 0.0419.